The molecule has 3 heterocycles. The maximum atomic E-state index is 4.35. The zero-order valence-electron chi connectivity index (χ0n) is 14.1. The smallest absolute Gasteiger partial charge is 0.153 e. The number of benzene rings is 1. The predicted molar refractivity (Wildman–Crippen MR) is 103 cm³/mol. The standard InChI is InChI=1S/C19H18N6.ClH/c1-8-22-24(11-1)18-5-3-16(4-6-18)14-20-15-17-7-10-21-19(13-17)25-12-2-9-23-25;/h1-13,20H,14-15H2;1H. The lowest BCUT2D eigenvalue weighted by atomic mass is 10.2. The third kappa shape index (κ3) is 4.17. The fourth-order valence-corrected chi connectivity index (χ4v) is 2.64. The van der Waals surface area contributed by atoms with Gasteiger partial charge < -0.3 is 5.32 Å². The summed E-state index contributed by atoms with van der Waals surface area (Å²) in [6.07, 6.45) is 9.17. The van der Waals surface area contributed by atoms with Crippen molar-refractivity contribution in [3.05, 3.63) is 90.6 Å². The normalized spacial score (nSPS) is 10.5. The Kier molecular flexibility index (Phi) is 5.78. The van der Waals surface area contributed by atoms with Gasteiger partial charge in [-0.05, 0) is 47.5 Å². The Morgan fingerprint density at radius 2 is 1.46 bits per heavy atom. The van der Waals surface area contributed by atoms with Crippen molar-refractivity contribution in [1.29, 1.82) is 0 Å². The molecular formula is C19H19ClN6. The Bertz CT molecular complexity index is 917. The van der Waals surface area contributed by atoms with E-state index >= 15 is 0 Å². The summed E-state index contributed by atoms with van der Waals surface area (Å²) >= 11 is 0. The van der Waals surface area contributed by atoms with E-state index in [-0.39, 0.29) is 12.4 Å². The first-order valence-electron chi connectivity index (χ1n) is 8.13. The summed E-state index contributed by atoms with van der Waals surface area (Å²) in [6, 6.07) is 16.2. The summed E-state index contributed by atoms with van der Waals surface area (Å²) < 4.78 is 3.61. The minimum Gasteiger partial charge on any atom is -0.309 e. The zero-order valence-corrected chi connectivity index (χ0v) is 14.9. The number of halogens is 1. The average molecular weight is 367 g/mol. The van der Waals surface area contributed by atoms with E-state index in [1.54, 1.807) is 17.1 Å². The molecule has 0 aliphatic rings. The average Bonchev–Trinajstić information content (AvgIpc) is 3.37. The first-order valence-corrected chi connectivity index (χ1v) is 8.13. The van der Waals surface area contributed by atoms with Crippen LogP contribution in [-0.2, 0) is 13.1 Å². The lowest BCUT2D eigenvalue weighted by Crippen LogP contribution is -2.13. The summed E-state index contributed by atoms with van der Waals surface area (Å²) in [7, 11) is 0. The number of aromatic nitrogens is 5. The molecule has 1 aromatic carbocycles. The Hall–Kier alpha value is -2.96. The minimum atomic E-state index is 0. The van der Waals surface area contributed by atoms with Gasteiger partial charge in [-0.25, -0.2) is 14.3 Å². The van der Waals surface area contributed by atoms with E-state index in [2.05, 4.69) is 44.8 Å². The maximum absolute atomic E-state index is 4.35. The van der Waals surface area contributed by atoms with Crippen molar-refractivity contribution in [3.8, 4) is 11.5 Å². The Morgan fingerprint density at radius 1 is 0.769 bits per heavy atom. The molecule has 0 atom stereocenters. The van der Waals surface area contributed by atoms with Gasteiger partial charge in [0, 0.05) is 44.1 Å². The van der Waals surface area contributed by atoms with Gasteiger partial charge in [0.15, 0.2) is 5.82 Å². The van der Waals surface area contributed by atoms with Gasteiger partial charge in [0.25, 0.3) is 0 Å². The van der Waals surface area contributed by atoms with Crippen LogP contribution in [0.15, 0.2) is 79.5 Å². The molecule has 0 aliphatic carbocycles. The Balaban J connectivity index is 0.00000196. The van der Waals surface area contributed by atoms with Crippen LogP contribution >= 0.6 is 12.4 Å². The van der Waals surface area contributed by atoms with Crippen LogP contribution in [0.3, 0.4) is 0 Å². The molecule has 4 rings (SSSR count). The van der Waals surface area contributed by atoms with Crippen LogP contribution in [0, 0.1) is 0 Å². The summed E-state index contributed by atoms with van der Waals surface area (Å²) in [5, 5.41) is 11.9. The van der Waals surface area contributed by atoms with Gasteiger partial charge in [-0.2, -0.15) is 10.2 Å². The molecule has 0 radical (unpaired) electrons. The lowest BCUT2D eigenvalue weighted by Gasteiger charge is -2.08. The second-order valence-electron chi connectivity index (χ2n) is 5.69. The summed E-state index contributed by atoms with van der Waals surface area (Å²) in [5.74, 6) is 0.827. The second kappa shape index (κ2) is 8.42. The maximum Gasteiger partial charge on any atom is 0.153 e. The molecule has 0 amide bonds. The van der Waals surface area contributed by atoms with Gasteiger partial charge in [0.2, 0.25) is 0 Å². The van der Waals surface area contributed by atoms with Crippen molar-refractivity contribution in [3.63, 3.8) is 0 Å². The van der Waals surface area contributed by atoms with E-state index in [1.165, 1.54) is 11.1 Å². The number of hydrogen-bond acceptors (Lipinski definition) is 4. The van der Waals surface area contributed by atoms with Crippen molar-refractivity contribution in [2.24, 2.45) is 0 Å². The molecule has 0 unspecified atom stereocenters. The SMILES string of the molecule is Cl.c1cnn(-c2ccc(CNCc3ccnc(-n4cccn4)c3)cc2)c1. The van der Waals surface area contributed by atoms with Crippen LogP contribution in [-0.4, -0.2) is 24.5 Å². The molecule has 0 aliphatic heterocycles. The predicted octanol–water partition coefficient (Wildman–Crippen LogP) is 3.16. The Morgan fingerprint density at radius 3 is 2.15 bits per heavy atom. The summed E-state index contributed by atoms with van der Waals surface area (Å²) in [4.78, 5) is 4.35. The molecule has 0 saturated carbocycles. The van der Waals surface area contributed by atoms with Gasteiger partial charge >= 0.3 is 0 Å². The van der Waals surface area contributed by atoms with Crippen LogP contribution in [0.2, 0.25) is 0 Å². The van der Waals surface area contributed by atoms with Crippen molar-refractivity contribution >= 4 is 12.4 Å². The number of nitrogens with zero attached hydrogens (tertiary/aromatic N) is 5. The largest absolute Gasteiger partial charge is 0.309 e. The van der Waals surface area contributed by atoms with Gasteiger partial charge in [-0.3, -0.25) is 0 Å². The quantitative estimate of drug-likeness (QED) is 0.569. The third-order valence-electron chi connectivity index (χ3n) is 3.91. The van der Waals surface area contributed by atoms with E-state index in [0.717, 1.165) is 24.6 Å². The van der Waals surface area contributed by atoms with E-state index < -0.39 is 0 Å². The van der Waals surface area contributed by atoms with Gasteiger partial charge in [-0.1, -0.05) is 12.1 Å². The number of pyridine rings is 1. The van der Waals surface area contributed by atoms with E-state index in [0.29, 0.717) is 0 Å². The molecule has 3 aromatic heterocycles. The number of rotatable bonds is 6. The highest BCUT2D eigenvalue weighted by molar-refractivity contribution is 5.85. The van der Waals surface area contributed by atoms with E-state index in [9.17, 15) is 0 Å². The summed E-state index contributed by atoms with van der Waals surface area (Å²) in [5.41, 5.74) is 3.47. The molecule has 26 heavy (non-hydrogen) atoms. The molecule has 4 aromatic rings. The molecule has 7 heteroatoms. The highest BCUT2D eigenvalue weighted by Crippen LogP contribution is 2.09. The van der Waals surface area contributed by atoms with Crippen LogP contribution in [0.25, 0.3) is 11.5 Å². The van der Waals surface area contributed by atoms with Crippen LogP contribution in [0.4, 0.5) is 0 Å². The fourth-order valence-electron chi connectivity index (χ4n) is 2.64. The molecule has 0 spiro atoms. The molecular weight excluding hydrogens is 348 g/mol. The van der Waals surface area contributed by atoms with Crippen molar-refractivity contribution in [2.45, 2.75) is 13.1 Å². The van der Waals surface area contributed by atoms with E-state index in [4.69, 9.17) is 0 Å². The Labute approximate surface area is 157 Å². The van der Waals surface area contributed by atoms with Crippen molar-refractivity contribution < 1.29 is 0 Å². The lowest BCUT2D eigenvalue weighted by molar-refractivity contribution is 0.690. The molecule has 0 fully saturated rings. The fraction of sp³-hybridized carbons (Fsp3) is 0.105. The van der Waals surface area contributed by atoms with Crippen molar-refractivity contribution in [1.82, 2.24) is 29.9 Å². The topological polar surface area (TPSA) is 60.6 Å². The monoisotopic (exact) mass is 366 g/mol. The van der Waals surface area contributed by atoms with Gasteiger partial charge in [0.05, 0.1) is 5.69 Å². The first-order chi connectivity index (χ1) is 12.4. The van der Waals surface area contributed by atoms with Crippen molar-refractivity contribution in [2.75, 3.05) is 0 Å². The minimum absolute atomic E-state index is 0. The van der Waals surface area contributed by atoms with Crippen LogP contribution < -0.4 is 5.32 Å². The van der Waals surface area contributed by atoms with Gasteiger partial charge in [-0.15, -0.1) is 12.4 Å². The number of nitrogens with one attached hydrogen (secondary N) is 1. The second-order valence-corrected chi connectivity index (χ2v) is 5.69. The highest BCUT2D eigenvalue weighted by Gasteiger charge is 2.01. The molecule has 132 valence electrons. The molecule has 0 bridgehead atoms. The molecule has 6 nitrogen and oxygen atoms in total. The third-order valence-corrected chi connectivity index (χ3v) is 3.91. The first kappa shape index (κ1) is 17.8. The zero-order chi connectivity index (χ0) is 16.9. The van der Waals surface area contributed by atoms with Crippen LogP contribution in [0.5, 0.6) is 0 Å². The highest BCUT2D eigenvalue weighted by atomic mass is 35.5. The van der Waals surface area contributed by atoms with Gasteiger partial charge in [0.1, 0.15) is 0 Å². The molecule has 0 saturated heterocycles. The number of hydrogen-bond donors (Lipinski definition) is 1. The molecule has 1 N–H and O–H groups in total. The summed E-state index contributed by atoms with van der Waals surface area (Å²) in [6.45, 7) is 1.58. The van der Waals surface area contributed by atoms with Crippen LogP contribution in [0.1, 0.15) is 11.1 Å². The van der Waals surface area contributed by atoms with E-state index in [1.807, 2.05) is 47.5 Å².